The van der Waals surface area contributed by atoms with Gasteiger partial charge in [0.05, 0.1) is 5.56 Å². The number of hydrogen-bond acceptors (Lipinski definition) is 7. The summed E-state index contributed by atoms with van der Waals surface area (Å²) in [5.74, 6) is -0.496. The lowest BCUT2D eigenvalue weighted by atomic mass is 9.86. The molecule has 5 rings (SSSR count). The van der Waals surface area contributed by atoms with Crippen molar-refractivity contribution < 1.29 is 19.2 Å². The number of anilines is 1. The molecule has 2 N–H and O–H groups in total. The molecule has 0 radical (unpaired) electrons. The zero-order valence-corrected chi connectivity index (χ0v) is 21.1. The number of likely N-dealkylation sites (tertiary alicyclic amines) is 1. The van der Waals surface area contributed by atoms with E-state index >= 15 is 0 Å². The van der Waals surface area contributed by atoms with Crippen molar-refractivity contribution in [3.8, 4) is 0 Å². The Kier molecular flexibility index (Phi) is 7.12. The highest BCUT2D eigenvalue weighted by Gasteiger charge is 2.41. The summed E-state index contributed by atoms with van der Waals surface area (Å²) in [5, 5.41) is 5.83. The van der Waals surface area contributed by atoms with Gasteiger partial charge in [-0.3, -0.25) is 24.5 Å². The lowest BCUT2D eigenvalue weighted by Gasteiger charge is -2.36. The molecule has 0 bridgehead atoms. The van der Waals surface area contributed by atoms with E-state index in [0.29, 0.717) is 28.7 Å². The van der Waals surface area contributed by atoms with Crippen molar-refractivity contribution >= 4 is 29.7 Å². The van der Waals surface area contributed by atoms with Crippen LogP contribution in [0.4, 0.5) is 5.69 Å². The van der Waals surface area contributed by atoms with Gasteiger partial charge in [0, 0.05) is 57.4 Å². The molecular weight excluding hydrogens is 458 g/mol. The number of amides is 3. The average molecular weight is 496 g/mol. The summed E-state index contributed by atoms with van der Waals surface area (Å²) in [5.41, 5.74) is 2.04. The van der Waals surface area contributed by atoms with Gasteiger partial charge in [-0.15, -0.1) is 0 Å². The van der Waals surface area contributed by atoms with Crippen LogP contribution in [0.1, 0.15) is 59.2 Å². The van der Waals surface area contributed by atoms with Crippen molar-refractivity contribution in [2.45, 2.75) is 44.6 Å². The monoisotopic (exact) mass is 495 g/mol. The van der Waals surface area contributed by atoms with Gasteiger partial charge in [-0.05, 0) is 74.7 Å². The van der Waals surface area contributed by atoms with Crippen molar-refractivity contribution in [1.82, 2.24) is 20.4 Å². The molecule has 2 atom stereocenters. The molecule has 9 nitrogen and oxygen atoms in total. The Morgan fingerprint density at radius 1 is 1.17 bits per heavy atom. The quantitative estimate of drug-likeness (QED) is 0.453. The number of carbonyl (C=O) groups is 4. The van der Waals surface area contributed by atoms with Crippen LogP contribution in [0.3, 0.4) is 0 Å². The molecule has 1 spiro atoms. The Morgan fingerprint density at radius 2 is 1.97 bits per heavy atom. The lowest BCUT2D eigenvalue weighted by Crippen LogP contribution is -2.53. The Hall–Kier alpha value is -2.78. The van der Waals surface area contributed by atoms with Crippen LogP contribution in [0.5, 0.6) is 0 Å². The van der Waals surface area contributed by atoms with Crippen molar-refractivity contribution in [3.63, 3.8) is 0 Å². The molecule has 1 aromatic rings. The van der Waals surface area contributed by atoms with E-state index < -0.39 is 11.9 Å². The summed E-state index contributed by atoms with van der Waals surface area (Å²) in [6.45, 7) is 7.76. The van der Waals surface area contributed by atoms with E-state index in [4.69, 9.17) is 0 Å². The van der Waals surface area contributed by atoms with Crippen LogP contribution in [-0.4, -0.2) is 92.7 Å². The second kappa shape index (κ2) is 10.3. The number of piperidine rings is 2. The number of hydrogen-bond donors (Lipinski definition) is 2. The number of benzene rings is 1. The number of nitrogens with zero attached hydrogens (tertiary/aromatic N) is 3. The highest BCUT2D eigenvalue weighted by Crippen LogP contribution is 2.37. The van der Waals surface area contributed by atoms with Crippen LogP contribution in [0.15, 0.2) is 18.2 Å². The first-order chi connectivity index (χ1) is 17.4. The van der Waals surface area contributed by atoms with E-state index in [1.54, 1.807) is 19.2 Å². The maximum Gasteiger partial charge on any atom is 0.255 e. The Morgan fingerprint density at radius 3 is 2.67 bits per heavy atom. The Labute approximate surface area is 212 Å². The van der Waals surface area contributed by atoms with E-state index in [-0.39, 0.29) is 24.7 Å². The molecule has 4 aliphatic rings. The largest absolute Gasteiger partial charge is 0.371 e. The number of imide groups is 1. The predicted octanol–water partition coefficient (Wildman–Crippen LogP) is 1.28. The fourth-order valence-electron chi connectivity index (χ4n) is 6.48. The van der Waals surface area contributed by atoms with Crippen LogP contribution in [-0.2, 0) is 9.59 Å². The highest BCUT2D eigenvalue weighted by molar-refractivity contribution is 6.06. The molecular formula is C27H37N5O4. The minimum Gasteiger partial charge on any atom is -0.371 e. The molecule has 0 aliphatic carbocycles. The fraction of sp³-hybridized carbons (Fsp3) is 0.630. The summed E-state index contributed by atoms with van der Waals surface area (Å²) >= 11 is 0. The van der Waals surface area contributed by atoms with Gasteiger partial charge in [-0.25, -0.2) is 0 Å². The molecule has 4 fully saturated rings. The highest BCUT2D eigenvalue weighted by atomic mass is 16.2. The molecule has 194 valence electrons. The van der Waals surface area contributed by atoms with Crippen LogP contribution in [0.25, 0.3) is 0 Å². The molecule has 4 aliphatic heterocycles. The maximum absolute atomic E-state index is 13.3. The van der Waals surface area contributed by atoms with Gasteiger partial charge in [0.15, 0.2) is 6.29 Å². The number of nitrogens with one attached hydrogen (secondary N) is 2. The van der Waals surface area contributed by atoms with Crippen LogP contribution < -0.4 is 15.5 Å². The minimum absolute atomic E-state index is 0.193. The van der Waals surface area contributed by atoms with Crippen LogP contribution in [0.2, 0.25) is 0 Å². The molecule has 0 saturated carbocycles. The second-order valence-electron chi connectivity index (χ2n) is 11.1. The third kappa shape index (κ3) is 5.04. The standard InChI is InChI=1S/C27H37N5O4/c1-30(23-4-5-24(34)29-25(23)35)26(36)22-14-21(3-2-20(22)16-33)32-11-6-19(7-12-32)15-31-13-9-27(18-31)8-10-28-17-27/h2-3,14,16,19,23,28H,4-13,15,17-18H2,1H3,(H,29,34,35). The van der Waals surface area contributed by atoms with E-state index in [1.165, 1.54) is 43.9 Å². The third-order valence-electron chi connectivity index (χ3n) is 8.74. The lowest BCUT2D eigenvalue weighted by molar-refractivity contribution is -0.136. The summed E-state index contributed by atoms with van der Waals surface area (Å²) in [6.07, 6.45) is 5.99. The molecule has 0 aromatic heterocycles. The van der Waals surface area contributed by atoms with Gasteiger partial charge in [-0.1, -0.05) is 0 Å². The smallest absolute Gasteiger partial charge is 0.255 e. The van der Waals surface area contributed by atoms with Crippen LogP contribution >= 0.6 is 0 Å². The Bertz CT molecular complexity index is 1030. The van der Waals surface area contributed by atoms with Crippen molar-refractivity contribution in [3.05, 3.63) is 29.3 Å². The molecule has 4 saturated heterocycles. The summed E-state index contributed by atoms with van der Waals surface area (Å²) < 4.78 is 0. The minimum atomic E-state index is -0.723. The van der Waals surface area contributed by atoms with Gasteiger partial charge in [0.1, 0.15) is 6.04 Å². The first-order valence-corrected chi connectivity index (χ1v) is 13.3. The molecule has 1 aromatic carbocycles. The summed E-state index contributed by atoms with van der Waals surface area (Å²) in [7, 11) is 1.55. The fourth-order valence-corrected chi connectivity index (χ4v) is 6.48. The SMILES string of the molecule is CN(C(=O)c1cc(N2CCC(CN3CCC4(CCNC4)C3)CC2)ccc1C=O)C1CCC(=O)NC1=O. The van der Waals surface area contributed by atoms with Gasteiger partial charge in [0.2, 0.25) is 11.8 Å². The average Bonchev–Trinajstić information content (AvgIpc) is 3.52. The van der Waals surface area contributed by atoms with Crippen LogP contribution in [0, 0.1) is 11.3 Å². The summed E-state index contributed by atoms with van der Waals surface area (Å²) in [4.78, 5) is 55.1. The molecule has 4 heterocycles. The van der Waals surface area contributed by atoms with E-state index in [0.717, 1.165) is 38.2 Å². The van der Waals surface area contributed by atoms with Gasteiger partial charge in [0.25, 0.3) is 5.91 Å². The zero-order chi connectivity index (χ0) is 25.3. The van der Waals surface area contributed by atoms with E-state index in [1.807, 2.05) is 6.07 Å². The number of carbonyl (C=O) groups excluding carboxylic acids is 4. The molecule has 36 heavy (non-hydrogen) atoms. The first kappa shape index (κ1) is 24.9. The maximum atomic E-state index is 13.3. The van der Waals surface area contributed by atoms with E-state index in [9.17, 15) is 19.2 Å². The summed E-state index contributed by atoms with van der Waals surface area (Å²) in [6, 6.07) is 4.66. The number of aldehydes is 1. The molecule has 3 amide bonds. The predicted molar refractivity (Wildman–Crippen MR) is 136 cm³/mol. The molecule has 9 heteroatoms. The zero-order valence-electron chi connectivity index (χ0n) is 21.1. The second-order valence-corrected chi connectivity index (χ2v) is 11.1. The first-order valence-electron chi connectivity index (χ1n) is 13.3. The number of likely N-dealkylation sites (N-methyl/N-ethyl adjacent to an activating group) is 1. The van der Waals surface area contributed by atoms with Gasteiger partial charge < -0.3 is 20.0 Å². The Balaban J connectivity index is 1.21. The number of rotatable bonds is 6. The van der Waals surface area contributed by atoms with E-state index in [2.05, 4.69) is 20.4 Å². The normalized spacial score (nSPS) is 27.5. The van der Waals surface area contributed by atoms with Gasteiger partial charge >= 0.3 is 0 Å². The topological polar surface area (TPSA) is 102 Å². The molecule has 2 unspecified atom stereocenters. The van der Waals surface area contributed by atoms with Crippen molar-refractivity contribution in [1.29, 1.82) is 0 Å². The van der Waals surface area contributed by atoms with Crippen molar-refractivity contribution in [2.75, 3.05) is 57.8 Å². The van der Waals surface area contributed by atoms with Gasteiger partial charge in [-0.2, -0.15) is 0 Å². The third-order valence-corrected chi connectivity index (χ3v) is 8.74. The van der Waals surface area contributed by atoms with Crippen molar-refractivity contribution in [2.24, 2.45) is 11.3 Å².